The van der Waals surface area contributed by atoms with Gasteiger partial charge in [0.15, 0.2) is 0 Å². The first-order chi connectivity index (χ1) is 21.0. The smallest absolute Gasteiger partial charge is 0.267 e. The zero-order valence-electron chi connectivity index (χ0n) is 28.1. The van der Waals surface area contributed by atoms with E-state index in [0.717, 1.165) is 44.9 Å². The lowest BCUT2D eigenvalue weighted by atomic mass is 9.91. The standard InChI is InChI=1S/2C8H17NO3.C6H13NO4.C6H13NO3/c1-3-4-5-6-8(2,7-10)9(11)12;1-3-5-6-8(4-2,7-10)9(11)12;1-2-3-6(4-8,5-9)7(10)11;1-2-3-4-6(5-8)7(9)10/h2*10H,3-7H2,1-2H3;8-9H,2-5H2,1H3;6,8H,2-5H2,1H3. The Morgan fingerprint density at radius 1 is 0.556 bits per heavy atom. The van der Waals surface area contributed by atoms with Crippen molar-refractivity contribution in [3.05, 3.63) is 40.5 Å². The summed E-state index contributed by atoms with van der Waals surface area (Å²) in [5, 5.41) is 85.1. The first kappa shape index (κ1) is 49.3. The van der Waals surface area contributed by atoms with E-state index in [2.05, 4.69) is 0 Å². The Morgan fingerprint density at radius 2 is 1.02 bits per heavy atom. The molecule has 0 bridgehead atoms. The Hall–Kier alpha value is -2.60. The Bertz CT molecular complexity index is 782. The van der Waals surface area contributed by atoms with Gasteiger partial charge in [0.2, 0.25) is 17.1 Å². The van der Waals surface area contributed by atoms with E-state index >= 15 is 0 Å². The van der Waals surface area contributed by atoms with E-state index in [1.165, 1.54) is 6.92 Å². The summed E-state index contributed by atoms with van der Waals surface area (Å²) in [5.74, 6) is 0. The molecule has 0 radical (unpaired) electrons. The van der Waals surface area contributed by atoms with Crippen molar-refractivity contribution in [2.24, 2.45) is 0 Å². The van der Waals surface area contributed by atoms with Gasteiger partial charge in [-0.15, -0.1) is 0 Å². The molecule has 0 rings (SSSR count). The lowest BCUT2D eigenvalue weighted by Crippen LogP contribution is -2.45. The second-order valence-corrected chi connectivity index (χ2v) is 11.3. The molecule has 0 aliphatic heterocycles. The minimum absolute atomic E-state index is 0.201. The number of aliphatic hydroxyl groups is 5. The predicted octanol–water partition coefficient (Wildman–Crippen LogP) is 3.79. The molecule has 0 aromatic heterocycles. The largest absolute Gasteiger partial charge is 0.389 e. The van der Waals surface area contributed by atoms with E-state index in [1.807, 2.05) is 20.8 Å². The zero-order chi connectivity index (χ0) is 36.1. The summed E-state index contributed by atoms with van der Waals surface area (Å²) in [6.07, 6.45) is 8.91. The maximum absolute atomic E-state index is 10.6. The van der Waals surface area contributed by atoms with Crippen LogP contribution in [-0.2, 0) is 0 Å². The van der Waals surface area contributed by atoms with Crippen LogP contribution >= 0.6 is 0 Å². The summed E-state index contributed by atoms with van der Waals surface area (Å²) >= 11 is 0. The van der Waals surface area contributed by atoms with Crippen LogP contribution in [0.3, 0.4) is 0 Å². The van der Waals surface area contributed by atoms with E-state index in [1.54, 1.807) is 13.8 Å². The summed E-state index contributed by atoms with van der Waals surface area (Å²) in [4.78, 5) is 39.8. The van der Waals surface area contributed by atoms with E-state index in [4.69, 9.17) is 25.5 Å². The third-order valence-corrected chi connectivity index (χ3v) is 7.53. The number of hydrogen-bond donors (Lipinski definition) is 5. The van der Waals surface area contributed by atoms with Gasteiger partial charge in [0.05, 0.1) is 0 Å². The van der Waals surface area contributed by atoms with Crippen LogP contribution in [0.1, 0.15) is 125 Å². The van der Waals surface area contributed by atoms with Crippen LogP contribution in [0.5, 0.6) is 0 Å². The van der Waals surface area contributed by atoms with Crippen molar-refractivity contribution in [1.29, 1.82) is 0 Å². The van der Waals surface area contributed by atoms with Crippen LogP contribution in [0, 0.1) is 40.5 Å². The molecule has 0 aromatic rings. The molecule has 0 aliphatic carbocycles. The number of hydrogen-bond acceptors (Lipinski definition) is 13. The van der Waals surface area contributed by atoms with E-state index in [0.29, 0.717) is 32.1 Å². The molecule has 17 nitrogen and oxygen atoms in total. The van der Waals surface area contributed by atoms with Crippen molar-refractivity contribution in [1.82, 2.24) is 0 Å². The van der Waals surface area contributed by atoms with Gasteiger partial charge in [0.1, 0.15) is 33.0 Å². The monoisotopic (exact) mass is 660 g/mol. The van der Waals surface area contributed by atoms with Crippen LogP contribution < -0.4 is 0 Å². The molecule has 17 heteroatoms. The zero-order valence-corrected chi connectivity index (χ0v) is 28.1. The highest BCUT2D eigenvalue weighted by Gasteiger charge is 2.41. The fourth-order valence-corrected chi connectivity index (χ4v) is 3.72. The molecule has 0 heterocycles. The fraction of sp³-hybridized carbons (Fsp3) is 1.00. The van der Waals surface area contributed by atoms with Gasteiger partial charge in [-0.3, -0.25) is 40.5 Å². The van der Waals surface area contributed by atoms with Crippen molar-refractivity contribution in [2.45, 2.75) is 148 Å². The Morgan fingerprint density at radius 3 is 1.27 bits per heavy atom. The normalized spacial score (nSPS) is 14.0. The molecule has 0 saturated carbocycles. The Kier molecular flexibility index (Phi) is 31.6. The fourth-order valence-electron chi connectivity index (χ4n) is 3.72. The molecule has 0 amide bonds. The lowest BCUT2D eigenvalue weighted by Gasteiger charge is -2.20. The molecule has 3 atom stereocenters. The second-order valence-electron chi connectivity index (χ2n) is 11.3. The lowest BCUT2D eigenvalue weighted by molar-refractivity contribution is -0.578. The molecule has 0 fully saturated rings. The maximum atomic E-state index is 10.6. The number of aliphatic hydroxyl groups excluding tert-OH is 5. The van der Waals surface area contributed by atoms with Gasteiger partial charge in [0.25, 0.3) is 5.54 Å². The SMILES string of the molecule is CCCC(CO)(CO)[N+](=O)[O-].CCCCC(CC)(CO)[N+](=O)[O-].CCCCC(CO)[N+](=O)[O-].CCCCCC(C)(CO)[N+](=O)[O-]. The highest BCUT2D eigenvalue weighted by molar-refractivity contribution is 4.77. The molecule has 45 heavy (non-hydrogen) atoms. The molecule has 3 unspecified atom stereocenters. The van der Waals surface area contributed by atoms with Crippen LogP contribution in [-0.4, -0.2) is 101 Å². The van der Waals surface area contributed by atoms with Gasteiger partial charge in [-0.1, -0.05) is 60.3 Å². The minimum Gasteiger partial charge on any atom is -0.389 e. The number of nitro groups is 4. The van der Waals surface area contributed by atoms with E-state index < -0.39 is 45.7 Å². The number of rotatable bonds is 22. The molecule has 0 aromatic carbocycles. The van der Waals surface area contributed by atoms with Crippen LogP contribution in [0.4, 0.5) is 0 Å². The topological polar surface area (TPSA) is 274 Å². The Labute approximate surface area is 266 Å². The average molecular weight is 661 g/mol. The average Bonchev–Trinajstić information content (AvgIpc) is 3.01. The van der Waals surface area contributed by atoms with Crippen molar-refractivity contribution >= 4 is 0 Å². The quantitative estimate of drug-likeness (QED) is 0.0628. The summed E-state index contributed by atoms with van der Waals surface area (Å²) in [7, 11) is 0. The first-order valence-electron chi connectivity index (χ1n) is 15.7. The van der Waals surface area contributed by atoms with Crippen LogP contribution in [0.25, 0.3) is 0 Å². The van der Waals surface area contributed by atoms with Gasteiger partial charge in [0, 0.05) is 58.7 Å². The molecule has 0 saturated heterocycles. The summed E-state index contributed by atoms with van der Waals surface area (Å²) < 4.78 is 0. The van der Waals surface area contributed by atoms with Crippen molar-refractivity contribution < 1.29 is 45.2 Å². The van der Waals surface area contributed by atoms with Gasteiger partial charge >= 0.3 is 0 Å². The summed E-state index contributed by atoms with van der Waals surface area (Å²) in [6, 6.07) is -0.750. The Balaban J connectivity index is -0.000000250. The molecular weight excluding hydrogens is 600 g/mol. The van der Waals surface area contributed by atoms with Gasteiger partial charge < -0.3 is 25.5 Å². The highest BCUT2D eigenvalue weighted by atomic mass is 16.6. The van der Waals surface area contributed by atoms with Gasteiger partial charge in [-0.25, -0.2) is 0 Å². The molecule has 5 N–H and O–H groups in total. The summed E-state index contributed by atoms with van der Waals surface area (Å²) in [6.45, 7) is 8.72. The van der Waals surface area contributed by atoms with E-state index in [9.17, 15) is 40.5 Å². The molecular formula is C28H60N4O13. The summed E-state index contributed by atoms with van der Waals surface area (Å²) in [5.41, 5.74) is -3.75. The number of nitrogens with zero attached hydrogens (tertiary/aromatic N) is 4. The predicted molar refractivity (Wildman–Crippen MR) is 169 cm³/mol. The van der Waals surface area contributed by atoms with Crippen molar-refractivity contribution in [3.8, 4) is 0 Å². The maximum Gasteiger partial charge on any atom is 0.267 e. The highest BCUT2D eigenvalue weighted by Crippen LogP contribution is 2.21. The molecule has 270 valence electrons. The second kappa shape index (κ2) is 28.8. The third-order valence-electron chi connectivity index (χ3n) is 7.53. The van der Waals surface area contributed by atoms with Crippen molar-refractivity contribution in [3.63, 3.8) is 0 Å². The first-order valence-corrected chi connectivity index (χ1v) is 15.7. The van der Waals surface area contributed by atoms with Gasteiger partial charge in [-0.2, -0.15) is 0 Å². The van der Waals surface area contributed by atoms with Crippen molar-refractivity contribution in [2.75, 3.05) is 33.0 Å². The van der Waals surface area contributed by atoms with Crippen LogP contribution in [0.2, 0.25) is 0 Å². The molecule has 0 spiro atoms. The van der Waals surface area contributed by atoms with Crippen LogP contribution in [0.15, 0.2) is 0 Å². The molecule has 0 aliphatic rings. The number of unbranched alkanes of at least 4 members (excludes halogenated alkanes) is 4. The van der Waals surface area contributed by atoms with E-state index in [-0.39, 0.29) is 36.1 Å². The minimum atomic E-state index is -1.53. The third kappa shape index (κ3) is 20.9. The van der Waals surface area contributed by atoms with Gasteiger partial charge in [-0.05, 0) is 25.7 Å².